The lowest BCUT2D eigenvalue weighted by Crippen LogP contribution is -2.30. The number of aromatic nitrogens is 3. The van der Waals surface area contributed by atoms with E-state index in [0.717, 1.165) is 25.4 Å². The lowest BCUT2D eigenvalue weighted by molar-refractivity contribution is 0.325. The lowest BCUT2D eigenvalue weighted by atomic mass is 9.84. The molecule has 1 aromatic rings. The fourth-order valence-electron chi connectivity index (χ4n) is 2.84. The molecule has 2 heterocycles. The number of aryl methyl sites for hydroxylation is 1. The van der Waals surface area contributed by atoms with Crippen LogP contribution in [-0.2, 0) is 13.0 Å². The van der Waals surface area contributed by atoms with E-state index in [4.69, 9.17) is 0 Å². The van der Waals surface area contributed by atoms with E-state index in [1.165, 1.54) is 37.3 Å². The first-order valence-corrected chi connectivity index (χ1v) is 6.45. The Kier molecular flexibility index (Phi) is 2.67. The van der Waals surface area contributed by atoms with E-state index in [1.807, 2.05) is 7.05 Å². The van der Waals surface area contributed by atoms with E-state index in [2.05, 4.69) is 20.1 Å². The minimum Gasteiger partial charge on any atom is -0.319 e. The number of nitrogens with one attached hydrogen (secondary N) is 1. The minimum absolute atomic E-state index is 0.703. The third-order valence-electron chi connectivity index (χ3n) is 4.04. The van der Waals surface area contributed by atoms with Gasteiger partial charge in [0.2, 0.25) is 0 Å². The molecule has 4 nitrogen and oxygen atoms in total. The van der Waals surface area contributed by atoms with Gasteiger partial charge in [0.15, 0.2) is 0 Å². The summed E-state index contributed by atoms with van der Waals surface area (Å²) < 4.78 is 2.40. The maximum absolute atomic E-state index is 4.41. The highest BCUT2D eigenvalue weighted by atomic mass is 15.3. The average Bonchev–Trinajstić information content (AvgIpc) is 2.60. The summed E-state index contributed by atoms with van der Waals surface area (Å²) in [5.74, 6) is 3.94. The first-order valence-electron chi connectivity index (χ1n) is 6.45. The predicted molar refractivity (Wildman–Crippen MR) is 62.4 cm³/mol. The summed E-state index contributed by atoms with van der Waals surface area (Å²) in [6.07, 6.45) is 6.35. The topological polar surface area (TPSA) is 42.7 Å². The highest BCUT2D eigenvalue weighted by Crippen LogP contribution is 2.36. The zero-order valence-electron chi connectivity index (χ0n) is 9.95. The molecule has 88 valence electrons. The Balaban J connectivity index is 1.80. The van der Waals surface area contributed by atoms with Crippen LogP contribution in [0.2, 0.25) is 0 Å². The van der Waals surface area contributed by atoms with Crippen LogP contribution in [0.4, 0.5) is 0 Å². The summed E-state index contributed by atoms with van der Waals surface area (Å²) in [6, 6.07) is 0. The molecule has 16 heavy (non-hydrogen) atoms. The summed E-state index contributed by atoms with van der Waals surface area (Å²) in [7, 11) is 2.04. The Morgan fingerprint density at radius 1 is 1.31 bits per heavy atom. The van der Waals surface area contributed by atoms with Crippen LogP contribution in [0.15, 0.2) is 0 Å². The molecule has 0 radical (unpaired) electrons. The van der Waals surface area contributed by atoms with Gasteiger partial charge in [-0.15, -0.1) is 10.2 Å². The van der Waals surface area contributed by atoms with Gasteiger partial charge in [-0.25, -0.2) is 0 Å². The van der Waals surface area contributed by atoms with Crippen LogP contribution in [0.25, 0.3) is 0 Å². The van der Waals surface area contributed by atoms with Crippen molar-refractivity contribution < 1.29 is 0 Å². The molecule has 2 aliphatic rings. The van der Waals surface area contributed by atoms with E-state index in [0.29, 0.717) is 5.92 Å². The van der Waals surface area contributed by atoms with Crippen molar-refractivity contribution in [2.45, 2.75) is 44.6 Å². The molecule has 3 rings (SSSR count). The van der Waals surface area contributed by atoms with Crippen molar-refractivity contribution in [3.63, 3.8) is 0 Å². The minimum atomic E-state index is 0.703. The van der Waals surface area contributed by atoms with Gasteiger partial charge < -0.3 is 9.88 Å². The normalized spacial score (nSPS) is 25.2. The third kappa shape index (κ3) is 1.65. The monoisotopic (exact) mass is 220 g/mol. The van der Waals surface area contributed by atoms with Crippen molar-refractivity contribution in [3.05, 3.63) is 11.6 Å². The molecule has 1 unspecified atom stereocenters. The number of nitrogens with zero attached hydrogens (tertiary/aromatic N) is 3. The molecule has 0 aromatic carbocycles. The smallest absolute Gasteiger partial charge is 0.136 e. The number of hydrogen-bond donors (Lipinski definition) is 1. The van der Waals surface area contributed by atoms with Crippen molar-refractivity contribution >= 4 is 0 Å². The molecule has 1 atom stereocenters. The van der Waals surface area contributed by atoms with Gasteiger partial charge in [0.25, 0.3) is 0 Å². The van der Waals surface area contributed by atoms with E-state index < -0.39 is 0 Å². The fraction of sp³-hybridized carbons (Fsp3) is 0.833. The predicted octanol–water partition coefficient (Wildman–Crippen LogP) is 1.33. The maximum atomic E-state index is 4.41. The van der Waals surface area contributed by atoms with Gasteiger partial charge in [-0.3, -0.25) is 0 Å². The summed E-state index contributed by atoms with van der Waals surface area (Å²) in [5.41, 5.74) is 0. The Morgan fingerprint density at radius 2 is 2.19 bits per heavy atom. The Morgan fingerprint density at radius 3 is 2.88 bits per heavy atom. The molecular weight excluding hydrogens is 200 g/mol. The second-order valence-electron chi connectivity index (χ2n) is 5.18. The third-order valence-corrected chi connectivity index (χ3v) is 4.04. The number of fused-ring (bicyclic) bond motifs is 1. The average molecular weight is 220 g/mol. The second kappa shape index (κ2) is 4.17. The van der Waals surface area contributed by atoms with Crippen molar-refractivity contribution in [2.75, 3.05) is 13.6 Å². The van der Waals surface area contributed by atoms with E-state index in [1.54, 1.807) is 0 Å². The SMILES string of the molecule is CNCC1CCc2nnc(C3CCC3)n2C1. The summed E-state index contributed by atoms with van der Waals surface area (Å²) in [6.45, 7) is 2.23. The van der Waals surface area contributed by atoms with Gasteiger partial charge in [0.05, 0.1) is 0 Å². The molecule has 1 aliphatic heterocycles. The van der Waals surface area contributed by atoms with Crippen molar-refractivity contribution in [2.24, 2.45) is 5.92 Å². The second-order valence-corrected chi connectivity index (χ2v) is 5.18. The molecule has 1 saturated carbocycles. The number of rotatable bonds is 3. The summed E-state index contributed by atoms with van der Waals surface area (Å²) in [4.78, 5) is 0. The van der Waals surface area contributed by atoms with E-state index >= 15 is 0 Å². The Hall–Kier alpha value is -0.900. The molecule has 1 aliphatic carbocycles. The van der Waals surface area contributed by atoms with Gasteiger partial charge in [0.1, 0.15) is 11.6 Å². The van der Waals surface area contributed by atoms with Gasteiger partial charge in [-0.05, 0) is 38.8 Å². The fourth-order valence-corrected chi connectivity index (χ4v) is 2.84. The molecule has 0 spiro atoms. The molecule has 0 bridgehead atoms. The van der Waals surface area contributed by atoms with Crippen LogP contribution in [0.1, 0.15) is 43.3 Å². The zero-order chi connectivity index (χ0) is 11.0. The molecule has 0 amide bonds. The van der Waals surface area contributed by atoms with Gasteiger partial charge in [0, 0.05) is 18.9 Å². The van der Waals surface area contributed by atoms with Crippen LogP contribution < -0.4 is 5.32 Å². The van der Waals surface area contributed by atoms with Gasteiger partial charge in [-0.2, -0.15) is 0 Å². The quantitative estimate of drug-likeness (QED) is 0.835. The van der Waals surface area contributed by atoms with Crippen LogP contribution in [0.5, 0.6) is 0 Å². The van der Waals surface area contributed by atoms with Crippen LogP contribution >= 0.6 is 0 Å². The van der Waals surface area contributed by atoms with Gasteiger partial charge in [-0.1, -0.05) is 6.42 Å². The summed E-state index contributed by atoms with van der Waals surface area (Å²) in [5, 5.41) is 12.0. The lowest BCUT2D eigenvalue weighted by Gasteiger charge is -2.29. The Bertz CT molecular complexity index is 367. The molecule has 1 fully saturated rings. The molecular formula is C12H20N4. The van der Waals surface area contributed by atoms with Gasteiger partial charge >= 0.3 is 0 Å². The van der Waals surface area contributed by atoms with Crippen molar-refractivity contribution in [1.29, 1.82) is 0 Å². The zero-order valence-corrected chi connectivity index (χ0v) is 9.95. The largest absolute Gasteiger partial charge is 0.319 e. The first kappa shape index (κ1) is 10.3. The molecule has 0 saturated heterocycles. The summed E-state index contributed by atoms with van der Waals surface area (Å²) >= 11 is 0. The van der Waals surface area contributed by atoms with E-state index in [9.17, 15) is 0 Å². The Labute approximate surface area is 96.4 Å². The standard InChI is InChI=1S/C12H20N4/c1-13-7-9-5-6-11-14-15-12(16(11)8-9)10-3-2-4-10/h9-10,13H,2-8H2,1H3. The van der Waals surface area contributed by atoms with Crippen LogP contribution in [0.3, 0.4) is 0 Å². The molecule has 1 N–H and O–H groups in total. The van der Waals surface area contributed by atoms with Crippen LogP contribution in [-0.4, -0.2) is 28.4 Å². The maximum Gasteiger partial charge on any atom is 0.136 e. The highest BCUT2D eigenvalue weighted by Gasteiger charge is 2.29. The van der Waals surface area contributed by atoms with E-state index in [-0.39, 0.29) is 0 Å². The molecule has 1 aromatic heterocycles. The van der Waals surface area contributed by atoms with Crippen molar-refractivity contribution in [3.8, 4) is 0 Å². The van der Waals surface area contributed by atoms with Crippen molar-refractivity contribution in [1.82, 2.24) is 20.1 Å². The first-order chi connectivity index (χ1) is 7.88. The highest BCUT2D eigenvalue weighted by molar-refractivity contribution is 5.07. The number of hydrogen-bond acceptors (Lipinski definition) is 3. The van der Waals surface area contributed by atoms with Crippen LogP contribution in [0, 0.1) is 5.92 Å². The molecule has 4 heteroatoms.